The number of carbonyl (C=O) groups is 1. The van der Waals surface area contributed by atoms with Crippen molar-refractivity contribution in [1.82, 2.24) is 25.6 Å². The van der Waals surface area contributed by atoms with Crippen molar-refractivity contribution in [1.29, 1.82) is 0 Å². The second-order valence-corrected chi connectivity index (χ2v) is 6.17. The minimum absolute atomic E-state index is 0. The van der Waals surface area contributed by atoms with Crippen LogP contribution in [0.25, 0.3) is 0 Å². The summed E-state index contributed by atoms with van der Waals surface area (Å²) in [5.41, 5.74) is 2.66. The van der Waals surface area contributed by atoms with Gasteiger partial charge in [0.05, 0.1) is 18.3 Å². The van der Waals surface area contributed by atoms with Crippen LogP contribution in [-0.4, -0.2) is 34.0 Å². The minimum Gasteiger partial charge on any atom is -0.344 e. The maximum Gasteiger partial charge on any atom is 0.273 e. The van der Waals surface area contributed by atoms with Crippen LogP contribution in [0.5, 0.6) is 0 Å². The summed E-state index contributed by atoms with van der Waals surface area (Å²) in [4.78, 5) is 12.4. The van der Waals surface area contributed by atoms with Crippen LogP contribution in [0, 0.1) is 6.92 Å². The third kappa shape index (κ3) is 4.33. The van der Waals surface area contributed by atoms with Crippen LogP contribution in [-0.2, 0) is 0 Å². The molecule has 1 atom stereocenters. The van der Waals surface area contributed by atoms with E-state index in [1.807, 2.05) is 42.8 Å². The van der Waals surface area contributed by atoms with Gasteiger partial charge in [-0.2, -0.15) is 0 Å². The Labute approximate surface area is 148 Å². The third-order valence-corrected chi connectivity index (χ3v) is 4.35. The fourth-order valence-electron chi connectivity index (χ4n) is 2.84. The smallest absolute Gasteiger partial charge is 0.273 e. The summed E-state index contributed by atoms with van der Waals surface area (Å²) in [6, 6.07) is 8.43. The van der Waals surface area contributed by atoms with Crippen LogP contribution in [0.3, 0.4) is 0 Å². The average Bonchev–Trinajstić information content (AvgIpc) is 3.06. The first-order chi connectivity index (χ1) is 11.1. The number of aryl methyl sites for hydroxylation is 1. The second-order valence-electron chi connectivity index (χ2n) is 6.17. The van der Waals surface area contributed by atoms with Crippen LogP contribution in [0.15, 0.2) is 30.5 Å². The molecule has 0 spiro atoms. The molecule has 0 radical (unpaired) electrons. The van der Waals surface area contributed by atoms with Gasteiger partial charge in [-0.25, -0.2) is 4.68 Å². The molecule has 6 nitrogen and oxygen atoms in total. The standard InChI is InChI=1S/C17H23N5O.ClH/c1-12-3-5-14(6-4-12)13(2)19-17(23)16-11-22(21-20-16)15-7-9-18-10-8-15;/h3-6,11,13,15,18H,7-10H2,1-2H3,(H,19,23);1H. The highest BCUT2D eigenvalue weighted by atomic mass is 35.5. The molecule has 2 aromatic rings. The fourth-order valence-corrected chi connectivity index (χ4v) is 2.84. The number of halogens is 1. The number of hydrogen-bond acceptors (Lipinski definition) is 4. The van der Waals surface area contributed by atoms with Gasteiger partial charge in [-0.3, -0.25) is 4.79 Å². The lowest BCUT2D eigenvalue weighted by molar-refractivity contribution is 0.0934. The van der Waals surface area contributed by atoms with Crippen LogP contribution in [0.4, 0.5) is 0 Å². The van der Waals surface area contributed by atoms with E-state index in [-0.39, 0.29) is 24.4 Å². The summed E-state index contributed by atoms with van der Waals surface area (Å²) < 4.78 is 1.83. The summed E-state index contributed by atoms with van der Waals surface area (Å²) in [5.74, 6) is -0.182. The third-order valence-electron chi connectivity index (χ3n) is 4.35. The number of piperidine rings is 1. The zero-order valence-corrected chi connectivity index (χ0v) is 14.8. The highest BCUT2D eigenvalue weighted by Gasteiger charge is 2.19. The molecule has 130 valence electrons. The second kappa shape index (κ2) is 8.26. The van der Waals surface area contributed by atoms with Crippen molar-refractivity contribution in [3.8, 4) is 0 Å². The van der Waals surface area contributed by atoms with Crippen LogP contribution < -0.4 is 10.6 Å². The van der Waals surface area contributed by atoms with Crippen molar-refractivity contribution in [2.24, 2.45) is 0 Å². The molecule has 7 heteroatoms. The maximum atomic E-state index is 12.4. The van der Waals surface area contributed by atoms with E-state index in [0.717, 1.165) is 31.5 Å². The van der Waals surface area contributed by atoms with Crippen molar-refractivity contribution in [3.63, 3.8) is 0 Å². The van der Waals surface area contributed by atoms with Gasteiger partial charge in [-0.15, -0.1) is 17.5 Å². The van der Waals surface area contributed by atoms with Crippen molar-refractivity contribution in [2.75, 3.05) is 13.1 Å². The zero-order chi connectivity index (χ0) is 16.2. The first-order valence-electron chi connectivity index (χ1n) is 8.13. The molecule has 1 aliphatic rings. The Bertz CT molecular complexity index is 664. The molecule has 2 N–H and O–H groups in total. The predicted molar refractivity (Wildman–Crippen MR) is 95.5 cm³/mol. The van der Waals surface area contributed by atoms with Crippen molar-refractivity contribution < 1.29 is 4.79 Å². The Morgan fingerprint density at radius 2 is 1.96 bits per heavy atom. The molecule has 0 aliphatic carbocycles. The van der Waals surface area contributed by atoms with Gasteiger partial charge < -0.3 is 10.6 Å². The van der Waals surface area contributed by atoms with E-state index in [4.69, 9.17) is 0 Å². The van der Waals surface area contributed by atoms with Gasteiger partial charge in [0.25, 0.3) is 5.91 Å². The minimum atomic E-state index is -0.182. The number of carbonyl (C=O) groups excluding carboxylic acids is 1. The molecule has 24 heavy (non-hydrogen) atoms. The van der Waals surface area contributed by atoms with E-state index in [2.05, 4.69) is 20.9 Å². The SMILES string of the molecule is Cc1ccc(C(C)NC(=O)c2cn(C3CCNCC3)nn2)cc1.Cl. The molecule has 1 aromatic carbocycles. The van der Waals surface area contributed by atoms with Gasteiger partial charge in [-0.05, 0) is 45.3 Å². The lowest BCUT2D eigenvalue weighted by atomic mass is 10.1. The number of amides is 1. The van der Waals surface area contributed by atoms with Gasteiger partial charge in [0.1, 0.15) is 0 Å². The lowest BCUT2D eigenvalue weighted by Crippen LogP contribution is -2.29. The Hall–Kier alpha value is -1.92. The van der Waals surface area contributed by atoms with E-state index >= 15 is 0 Å². The molecular formula is C17H24ClN5O. The summed E-state index contributed by atoms with van der Waals surface area (Å²) in [6.45, 7) is 5.99. The van der Waals surface area contributed by atoms with Crippen LogP contribution >= 0.6 is 12.4 Å². The number of benzene rings is 1. The fraction of sp³-hybridized carbons (Fsp3) is 0.471. The van der Waals surface area contributed by atoms with Gasteiger partial charge in [0, 0.05) is 0 Å². The highest BCUT2D eigenvalue weighted by molar-refractivity contribution is 5.92. The lowest BCUT2D eigenvalue weighted by Gasteiger charge is -2.22. The predicted octanol–water partition coefficient (Wildman–Crippen LogP) is 2.42. The van der Waals surface area contributed by atoms with Crippen molar-refractivity contribution >= 4 is 18.3 Å². The molecule has 3 rings (SSSR count). The van der Waals surface area contributed by atoms with E-state index in [0.29, 0.717) is 11.7 Å². The topological polar surface area (TPSA) is 71.8 Å². The Morgan fingerprint density at radius 1 is 1.29 bits per heavy atom. The first kappa shape index (κ1) is 18.4. The number of nitrogens with zero attached hydrogens (tertiary/aromatic N) is 3. The van der Waals surface area contributed by atoms with Crippen LogP contribution in [0.2, 0.25) is 0 Å². The summed E-state index contributed by atoms with van der Waals surface area (Å²) in [6.07, 6.45) is 3.79. The zero-order valence-electron chi connectivity index (χ0n) is 14.0. The first-order valence-corrected chi connectivity index (χ1v) is 8.13. The van der Waals surface area contributed by atoms with Gasteiger partial charge >= 0.3 is 0 Å². The quantitative estimate of drug-likeness (QED) is 0.889. The highest BCUT2D eigenvalue weighted by Crippen LogP contribution is 2.18. The van der Waals surface area contributed by atoms with E-state index in [9.17, 15) is 4.79 Å². The number of aromatic nitrogens is 3. The van der Waals surface area contributed by atoms with E-state index in [1.54, 1.807) is 6.20 Å². The number of nitrogens with one attached hydrogen (secondary N) is 2. The molecule has 0 bridgehead atoms. The summed E-state index contributed by atoms with van der Waals surface area (Å²) in [7, 11) is 0. The molecular weight excluding hydrogens is 326 g/mol. The molecule has 1 saturated heterocycles. The van der Waals surface area contributed by atoms with Gasteiger partial charge in [0.15, 0.2) is 5.69 Å². The average molecular weight is 350 g/mol. The Balaban J connectivity index is 0.00000208. The molecule has 0 saturated carbocycles. The van der Waals surface area contributed by atoms with Crippen molar-refractivity contribution in [3.05, 3.63) is 47.3 Å². The summed E-state index contributed by atoms with van der Waals surface area (Å²) >= 11 is 0. The molecule has 1 amide bonds. The molecule has 1 unspecified atom stereocenters. The number of rotatable bonds is 4. The normalized spacial score (nSPS) is 16.2. The van der Waals surface area contributed by atoms with Crippen LogP contribution in [0.1, 0.15) is 53.5 Å². The molecule has 1 aromatic heterocycles. The van der Waals surface area contributed by atoms with Gasteiger partial charge in [0.2, 0.25) is 0 Å². The summed E-state index contributed by atoms with van der Waals surface area (Å²) in [5, 5.41) is 14.5. The molecule has 2 heterocycles. The Kier molecular flexibility index (Phi) is 6.34. The number of hydrogen-bond donors (Lipinski definition) is 2. The van der Waals surface area contributed by atoms with Crippen molar-refractivity contribution in [2.45, 2.75) is 38.8 Å². The van der Waals surface area contributed by atoms with E-state index in [1.165, 1.54) is 5.56 Å². The molecule has 1 fully saturated rings. The monoisotopic (exact) mass is 349 g/mol. The largest absolute Gasteiger partial charge is 0.344 e. The van der Waals surface area contributed by atoms with E-state index < -0.39 is 0 Å². The maximum absolute atomic E-state index is 12.4. The Morgan fingerprint density at radius 3 is 2.62 bits per heavy atom. The molecule has 1 aliphatic heterocycles. The van der Waals surface area contributed by atoms with Gasteiger partial charge in [-0.1, -0.05) is 35.0 Å².